The lowest BCUT2D eigenvalue weighted by molar-refractivity contribution is 1.01. The summed E-state index contributed by atoms with van der Waals surface area (Å²) in [6.07, 6.45) is 6.38. The monoisotopic (exact) mass is 251 g/mol. The topological polar surface area (TPSA) is 30.2 Å². The number of nitrogens with zero attached hydrogens (tertiary/aromatic N) is 3. The van der Waals surface area contributed by atoms with Gasteiger partial charge in [-0.25, -0.2) is 9.97 Å². The van der Waals surface area contributed by atoms with Crippen LogP contribution in [0.4, 0.5) is 0 Å². The highest BCUT2D eigenvalue weighted by Gasteiger charge is 2.28. The third kappa shape index (κ3) is 1.17. The van der Waals surface area contributed by atoms with Gasteiger partial charge in [0.25, 0.3) is 0 Å². The summed E-state index contributed by atoms with van der Waals surface area (Å²) in [5.41, 5.74) is 2.46. The fourth-order valence-corrected chi connectivity index (χ4v) is 2.09. The highest BCUT2D eigenvalue weighted by molar-refractivity contribution is 9.10. The van der Waals surface area contributed by atoms with E-state index in [2.05, 4.69) is 37.2 Å². The van der Waals surface area contributed by atoms with Crippen molar-refractivity contribution in [2.24, 2.45) is 0 Å². The summed E-state index contributed by atoms with van der Waals surface area (Å²) < 4.78 is 3.05. The van der Waals surface area contributed by atoms with E-state index in [1.807, 2.05) is 6.20 Å². The van der Waals surface area contributed by atoms with Crippen LogP contribution in [0.1, 0.15) is 30.1 Å². The highest BCUT2D eigenvalue weighted by atomic mass is 79.9. The van der Waals surface area contributed by atoms with Crippen molar-refractivity contribution in [3.63, 3.8) is 0 Å². The SMILES string of the molecule is Cc1c(C2CC2)nc2ncc(Br)cn12. The van der Waals surface area contributed by atoms with Gasteiger partial charge in [-0.2, -0.15) is 0 Å². The van der Waals surface area contributed by atoms with E-state index in [4.69, 9.17) is 0 Å². The summed E-state index contributed by atoms with van der Waals surface area (Å²) in [7, 11) is 0. The molecule has 3 rings (SSSR count). The zero-order valence-electron chi connectivity index (χ0n) is 7.87. The maximum absolute atomic E-state index is 4.55. The minimum atomic E-state index is 0.690. The van der Waals surface area contributed by atoms with Crippen LogP contribution in [0, 0.1) is 6.92 Å². The zero-order chi connectivity index (χ0) is 9.71. The Morgan fingerprint density at radius 3 is 3.00 bits per heavy atom. The number of hydrogen-bond acceptors (Lipinski definition) is 2. The van der Waals surface area contributed by atoms with Crippen molar-refractivity contribution in [3.05, 3.63) is 28.3 Å². The molecule has 72 valence electrons. The molecule has 2 aromatic heterocycles. The third-order valence-electron chi connectivity index (χ3n) is 2.69. The number of aromatic nitrogens is 3. The summed E-state index contributed by atoms with van der Waals surface area (Å²) in [6, 6.07) is 0. The third-order valence-corrected chi connectivity index (χ3v) is 3.10. The van der Waals surface area contributed by atoms with Crippen molar-refractivity contribution in [2.75, 3.05) is 0 Å². The van der Waals surface area contributed by atoms with Gasteiger partial charge in [-0.1, -0.05) is 0 Å². The van der Waals surface area contributed by atoms with Crippen LogP contribution in [0.15, 0.2) is 16.9 Å². The molecule has 14 heavy (non-hydrogen) atoms. The van der Waals surface area contributed by atoms with Gasteiger partial charge in [0, 0.05) is 24.0 Å². The van der Waals surface area contributed by atoms with Gasteiger partial charge < -0.3 is 0 Å². The molecule has 1 saturated carbocycles. The van der Waals surface area contributed by atoms with Gasteiger partial charge in [-0.15, -0.1) is 0 Å². The zero-order valence-corrected chi connectivity index (χ0v) is 9.45. The van der Waals surface area contributed by atoms with Gasteiger partial charge in [-0.05, 0) is 35.7 Å². The predicted octanol–water partition coefficient (Wildman–Crippen LogP) is 2.68. The largest absolute Gasteiger partial charge is 0.287 e. The van der Waals surface area contributed by atoms with Crippen LogP contribution in [0.2, 0.25) is 0 Å². The van der Waals surface area contributed by atoms with Gasteiger partial charge in [-0.3, -0.25) is 4.40 Å². The van der Waals surface area contributed by atoms with E-state index in [0.29, 0.717) is 5.92 Å². The van der Waals surface area contributed by atoms with Gasteiger partial charge in [0.05, 0.1) is 10.2 Å². The van der Waals surface area contributed by atoms with E-state index in [9.17, 15) is 0 Å². The highest BCUT2D eigenvalue weighted by Crippen LogP contribution is 2.40. The van der Waals surface area contributed by atoms with Crippen molar-refractivity contribution < 1.29 is 0 Å². The van der Waals surface area contributed by atoms with Gasteiger partial charge >= 0.3 is 0 Å². The second-order valence-electron chi connectivity index (χ2n) is 3.80. The number of fused-ring (bicyclic) bond motifs is 1. The molecule has 0 saturated heterocycles. The fourth-order valence-electron chi connectivity index (χ4n) is 1.78. The average molecular weight is 252 g/mol. The molecule has 0 radical (unpaired) electrons. The van der Waals surface area contributed by atoms with E-state index in [1.54, 1.807) is 6.20 Å². The van der Waals surface area contributed by atoms with Crippen molar-refractivity contribution in [1.82, 2.24) is 14.4 Å². The Kier molecular flexibility index (Phi) is 1.68. The lowest BCUT2D eigenvalue weighted by Crippen LogP contribution is -1.90. The molecule has 2 aromatic rings. The molecular weight excluding hydrogens is 242 g/mol. The first-order valence-corrected chi connectivity index (χ1v) is 5.55. The molecule has 1 aliphatic carbocycles. The molecule has 1 fully saturated rings. The first-order chi connectivity index (χ1) is 6.75. The van der Waals surface area contributed by atoms with Crippen LogP contribution < -0.4 is 0 Å². The van der Waals surface area contributed by atoms with Crippen molar-refractivity contribution >= 4 is 21.7 Å². The number of aryl methyl sites for hydroxylation is 1. The molecule has 4 heteroatoms. The first kappa shape index (κ1) is 8.41. The van der Waals surface area contributed by atoms with E-state index in [-0.39, 0.29) is 0 Å². The van der Waals surface area contributed by atoms with Crippen LogP contribution in [-0.4, -0.2) is 14.4 Å². The Labute approximate surface area is 90.3 Å². The first-order valence-electron chi connectivity index (χ1n) is 4.76. The molecule has 0 amide bonds. The minimum Gasteiger partial charge on any atom is -0.287 e. The summed E-state index contributed by atoms with van der Waals surface area (Å²) >= 11 is 3.42. The Morgan fingerprint density at radius 1 is 1.50 bits per heavy atom. The molecule has 2 heterocycles. The Bertz CT molecular complexity index is 499. The molecule has 0 bridgehead atoms. The van der Waals surface area contributed by atoms with Crippen molar-refractivity contribution in [2.45, 2.75) is 25.7 Å². The lowest BCUT2D eigenvalue weighted by atomic mass is 10.2. The maximum Gasteiger partial charge on any atom is 0.234 e. The summed E-state index contributed by atoms with van der Waals surface area (Å²) in [6.45, 7) is 2.11. The fraction of sp³-hybridized carbons (Fsp3) is 0.400. The average Bonchev–Trinajstić information content (AvgIpc) is 2.95. The van der Waals surface area contributed by atoms with Crippen LogP contribution in [0.25, 0.3) is 5.78 Å². The standard InChI is InChI=1S/C10H10BrN3/c1-6-9(7-2-3-7)13-10-12-4-8(11)5-14(6)10/h4-5,7H,2-3H2,1H3. The quantitative estimate of drug-likeness (QED) is 0.781. The van der Waals surface area contributed by atoms with E-state index in [0.717, 1.165) is 10.3 Å². The van der Waals surface area contributed by atoms with Gasteiger partial charge in [0.1, 0.15) is 0 Å². The maximum atomic E-state index is 4.55. The summed E-state index contributed by atoms with van der Waals surface area (Å²) in [5, 5.41) is 0. The molecule has 0 N–H and O–H groups in total. The predicted molar refractivity (Wildman–Crippen MR) is 57.4 cm³/mol. The number of imidazole rings is 1. The van der Waals surface area contributed by atoms with Crippen molar-refractivity contribution in [1.29, 1.82) is 0 Å². The summed E-state index contributed by atoms with van der Waals surface area (Å²) in [4.78, 5) is 8.82. The Morgan fingerprint density at radius 2 is 2.29 bits per heavy atom. The number of halogens is 1. The molecule has 0 aromatic carbocycles. The van der Waals surface area contributed by atoms with Crippen LogP contribution in [-0.2, 0) is 0 Å². The molecule has 0 unspecified atom stereocenters. The minimum absolute atomic E-state index is 0.690. The lowest BCUT2D eigenvalue weighted by Gasteiger charge is -1.96. The second kappa shape index (κ2) is 2.79. The summed E-state index contributed by atoms with van der Waals surface area (Å²) in [5.74, 6) is 1.50. The van der Waals surface area contributed by atoms with E-state index in [1.165, 1.54) is 24.2 Å². The number of hydrogen-bond donors (Lipinski definition) is 0. The molecule has 0 aliphatic heterocycles. The van der Waals surface area contributed by atoms with Crippen LogP contribution in [0.5, 0.6) is 0 Å². The van der Waals surface area contributed by atoms with Crippen LogP contribution in [0.3, 0.4) is 0 Å². The molecule has 1 aliphatic rings. The van der Waals surface area contributed by atoms with Gasteiger partial charge in [0.2, 0.25) is 5.78 Å². The molecule has 3 nitrogen and oxygen atoms in total. The molecular formula is C10H10BrN3. The van der Waals surface area contributed by atoms with Gasteiger partial charge in [0.15, 0.2) is 0 Å². The molecule has 0 spiro atoms. The second-order valence-corrected chi connectivity index (χ2v) is 4.71. The number of rotatable bonds is 1. The van der Waals surface area contributed by atoms with E-state index < -0.39 is 0 Å². The van der Waals surface area contributed by atoms with Crippen LogP contribution >= 0.6 is 15.9 Å². The Balaban J connectivity index is 2.29. The Hall–Kier alpha value is -0.900. The van der Waals surface area contributed by atoms with E-state index >= 15 is 0 Å². The van der Waals surface area contributed by atoms with Crippen molar-refractivity contribution in [3.8, 4) is 0 Å². The molecule has 0 atom stereocenters. The smallest absolute Gasteiger partial charge is 0.234 e. The normalized spacial score (nSPS) is 16.4.